The van der Waals surface area contributed by atoms with Gasteiger partial charge in [0.05, 0.1) is 19.6 Å². The Kier molecular flexibility index (Phi) is 9.51. The van der Waals surface area contributed by atoms with Crippen molar-refractivity contribution < 1.29 is 17.7 Å². The van der Waals surface area contributed by atoms with Crippen LogP contribution in [0.25, 0.3) is 109 Å². The van der Waals surface area contributed by atoms with Crippen molar-refractivity contribution >= 4 is 203 Å². The van der Waals surface area contributed by atoms with Crippen LogP contribution in [0, 0.1) is 0 Å². The number of benzene rings is 12. The van der Waals surface area contributed by atoms with Crippen molar-refractivity contribution in [3.05, 3.63) is 206 Å². The van der Waals surface area contributed by atoms with Crippen LogP contribution in [0.3, 0.4) is 0 Å². The SMILES string of the molecule is CC(C)(C)c1cc2c3c(c1)Sc1c(ccc4c1oc1cc5ccccc5cc14)B3c1ccc3c(oc4cc5ccccc5cc43)c1S2.c1cc2c3c(c1)Sc1c(ccc4c1oc1ccccc14)B3c1ccc3c(oc4ccccc43)c1S2. The molecule has 0 atom stereocenters. The Balaban J connectivity index is 0.000000127. The van der Waals surface area contributed by atoms with Gasteiger partial charge in [0.25, 0.3) is 0 Å². The van der Waals surface area contributed by atoms with E-state index in [0.29, 0.717) is 0 Å². The largest absolute Gasteiger partial charge is 0.455 e. The van der Waals surface area contributed by atoms with E-state index in [9.17, 15) is 0 Å². The molecule has 4 aliphatic rings. The molecule has 82 heavy (non-hydrogen) atoms. The second kappa shape index (κ2) is 16.8. The number of hydrogen-bond acceptors (Lipinski definition) is 8. The van der Waals surface area contributed by atoms with Crippen LogP contribution in [0.15, 0.2) is 257 Å². The summed E-state index contributed by atoms with van der Waals surface area (Å²) in [6.45, 7) is 7.18. The van der Waals surface area contributed by atoms with Crippen molar-refractivity contribution in [1.82, 2.24) is 0 Å². The van der Waals surface area contributed by atoms with E-state index in [-0.39, 0.29) is 18.8 Å². The topological polar surface area (TPSA) is 52.6 Å². The normalized spacial score (nSPS) is 14.0. The van der Waals surface area contributed by atoms with Gasteiger partial charge in [-0.2, -0.15) is 0 Å². The minimum absolute atomic E-state index is 0.0135. The first-order valence-electron chi connectivity index (χ1n) is 27.9. The zero-order chi connectivity index (χ0) is 53.9. The van der Waals surface area contributed by atoms with Gasteiger partial charge in [-0.15, -0.1) is 0 Å². The van der Waals surface area contributed by atoms with E-state index < -0.39 is 0 Å². The maximum atomic E-state index is 6.80. The van der Waals surface area contributed by atoms with Crippen molar-refractivity contribution in [2.75, 3.05) is 0 Å². The molecule has 0 unspecified atom stereocenters. The lowest BCUT2D eigenvalue weighted by Gasteiger charge is -2.34. The molecular weight excluding hydrogens is 1080 g/mol. The van der Waals surface area contributed by atoms with E-state index in [4.69, 9.17) is 17.7 Å². The lowest BCUT2D eigenvalue weighted by Crippen LogP contribution is -2.58. The van der Waals surface area contributed by atoms with Crippen LogP contribution >= 0.6 is 47.0 Å². The first-order chi connectivity index (χ1) is 40.2. The fourth-order valence-corrected chi connectivity index (χ4v) is 19.0. The third-order valence-electron chi connectivity index (χ3n) is 17.7. The maximum Gasteiger partial charge on any atom is 0.247 e. The van der Waals surface area contributed by atoms with Gasteiger partial charge in [-0.1, -0.05) is 229 Å². The van der Waals surface area contributed by atoms with Crippen LogP contribution in [0.1, 0.15) is 26.3 Å². The molecular formula is C72H42B2O4S4. The van der Waals surface area contributed by atoms with Crippen molar-refractivity contribution in [3.63, 3.8) is 0 Å². The number of furan rings is 4. The first kappa shape index (κ1) is 46.5. The van der Waals surface area contributed by atoms with Crippen LogP contribution in [-0.4, -0.2) is 13.4 Å². The highest BCUT2D eigenvalue weighted by molar-refractivity contribution is 8.02. The minimum Gasteiger partial charge on any atom is -0.455 e. The van der Waals surface area contributed by atoms with Gasteiger partial charge in [-0.25, -0.2) is 0 Å². The lowest BCUT2D eigenvalue weighted by atomic mass is 9.36. The summed E-state index contributed by atoms with van der Waals surface area (Å²) in [5.41, 5.74) is 17.2. The lowest BCUT2D eigenvalue weighted by molar-refractivity contribution is 0.587. The van der Waals surface area contributed by atoms with Crippen molar-refractivity contribution in [2.45, 2.75) is 65.4 Å². The van der Waals surface area contributed by atoms with E-state index in [0.717, 1.165) is 44.7 Å². The summed E-state index contributed by atoms with van der Waals surface area (Å²) in [6.07, 6.45) is 0. The highest BCUT2D eigenvalue weighted by Crippen LogP contribution is 2.49. The highest BCUT2D eigenvalue weighted by Gasteiger charge is 2.43. The fraction of sp³-hybridized carbons (Fsp3) is 0.0556. The third kappa shape index (κ3) is 6.49. The van der Waals surface area contributed by atoms with Crippen molar-refractivity contribution in [2.24, 2.45) is 0 Å². The molecule has 0 aliphatic carbocycles. The fourth-order valence-electron chi connectivity index (χ4n) is 13.8. The van der Waals surface area contributed by atoms with Crippen molar-refractivity contribution in [3.8, 4) is 0 Å². The van der Waals surface area contributed by atoms with Crippen LogP contribution < -0.4 is 32.8 Å². The maximum absolute atomic E-state index is 6.80. The summed E-state index contributed by atoms with van der Waals surface area (Å²) in [5.74, 6) is 0. The van der Waals surface area contributed by atoms with E-state index in [1.54, 1.807) is 0 Å². The summed E-state index contributed by atoms with van der Waals surface area (Å²) in [5, 5.41) is 14.3. The Labute approximate surface area is 487 Å². The summed E-state index contributed by atoms with van der Waals surface area (Å²) >= 11 is 7.46. The van der Waals surface area contributed by atoms with Gasteiger partial charge in [-0.05, 0) is 104 Å². The number of para-hydroxylation sites is 2. The molecule has 4 nitrogen and oxygen atoms in total. The molecule has 384 valence electrons. The van der Waals surface area contributed by atoms with Crippen LogP contribution in [0.5, 0.6) is 0 Å². The van der Waals surface area contributed by atoms with Gasteiger partial charge in [0.1, 0.15) is 44.7 Å². The van der Waals surface area contributed by atoms with Gasteiger partial charge in [0.2, 0.25) is 13.4 Å². The predicted octanol–water partition coefficient (Wildman–Crippen LogP) is 17.5. The van der Waals surface area contributed by atoms with Gasteiger partial charge in [0.15, 0.2) is 0 Å². The summed E-state index contributed by atoms with van der Waals surface area (Å²) < 4.78 is 26.5. The number of hydrogen-bond donors (Lipinski definition) is 0. The highest BCUT2D eigenvalue weighted by atomic mass is 32.2. The number of rotatable bonds is 0. The van der Waals surface area contributed by atoms with E-state index >= 15 is 0 Å². The smallest absolute Gasteiger partial charge is 0.247 e. The summed E-state index contributed by atoms with van der Waals surface area (Å²) in [4.78, 5) is 10.2. The molecule has 0 spiro atoms. The molecule has 0 amide bonds. The van der Waals surface area contributed by atoms with Gasteiger partial charge >= 0.3 is 0 Å². The second-order valence-electron chi connectivity index (χ2n) is 23.3. The van der Waals surface area contributed by atoms with Crippen LogP contribution in [-0.2, 0) is 5.41 Å². The minimum atomic E-state index is 0.0135. The molecule has 16 aromatic rings. The third-order valence-corrected chi connectivity index (χ3v) is 22.5. The standard InChI is InChI=1S/C42H27BO2S2.C30H15BO2S2/c1-42(2,3)26-20-35-37-36(21-26)47-41-32(15-13-28-30-17-23-9-5-7-11-25(23)19-34(30)45-39(28)41)43(37)31-14-12-27-29-16-22-8-4-6-10-24(22)18-33(29)44-38(27)40(31)46-35;1-3-8-22-16(6-1)18-12-14-20-29(27(18)32-22)34-24-10-5-11-25-26(24)31(20)21-15-13-19-17-7-2-4-9-23(17)33-28(19)30(21)35-25/h4-21H,1-3H3;1-15H. The molecule has 8 heterocycles. The molecule has 0 radical (unpaired) electrons. The molecule has 4 aromatic heterocycles. The molecule has 0 saturated heterocycles. The Morgan fingerprint density at radius 3 is 1.05 bits per heavy atom. The first-order valence-corrected chi connectivity index (χ1v) is 31.2. The molecule has 0 N–H and O–H groups in total. The quantitative estimate of drug-likeness (QED) is 0.139. The van der Waals surface area contributed by atoms with Crippen LogP contribution in [0.2, 0.25) is 0 Å². The van der Waals surface area contributed by atoms with Crippen LogP contribution in [0.4, 0.5) is 0 Å². The van der Waals surface area contributed by atoms with E-state index in [2.05, 4.69) is 209 Å². The van der Waals surface area contributed by atoms with Crippen molar-refractivity contribution in [1.29, 1.82) is 0 Å². The van der Waals surface area contributed by atoms with Gasteiger partial charge in [-0.3, -0.25) is 0 Å². The molecule has 20 rings (SSSR count). The molecule has 0 saturated carbocycles. The van der Waals surface area contributed by atoms with Gasteiger partial charge < -0.3 is 17.7 Å². The Bertz CT molecular complexity index is 5240. The van der Waals surface area contributed by atoms with E-state index in [1.807, 2.05) is 59.2 Å². The zero-order valence-corrected chi connectivity index (χ0v) is 47.7. The summed E-state index contributed by atoms with van der Waals surface area (Å²) in [7, 11) is 0. The monoisotopic (exact) mass is 1120 g/mol. The molecule has 0 fully saturated rings. The van der Waals surface area contributed by atoms with Gasteiger partial charge in [0, 0.05) is 62.7 Å². The predicted molar refractivity (Wildman–Crippen MR) is 347 cm³/mol. The van der Waals surface area contributed by atoms with E-state index in [1.165, 1.54) is 142 Å². The molecule has 0 bridgehead atoms. The average Bonchev–Trinajstić information content (AvgIpc) is 4.40. The Morgan fingerprint density at radius 1 is 0.293 bits per heavy atom. The average molecular weight is 1120 g/mol. The number of fused-ring (bicyclic) bond motifs is 26. The molecule has 4 aliphatic heterocycles. The second-order valence-corrected chi connectivity index (χ2v) is 27.5. The Morgan fingerprint density at radius 2 is 0.634 bits per heavy atom. The molecule has 10 heteroatoms. The zero-order valence-electron chi connectivity index (χ0n) is 44.5. The summed E-state index contributed by atoms with van der Waals surface area (Å²) in [6, 6.07) is 72.7. The Hall–Kier alpha value is -8.11. The molecule has 12 aromatic carbocycles.